The van der Waals surface area contributed by atoms with Crippen molar-refractivity contribution in [1.29, 1.82) is 0 Å². The highest BCUT2D eigenvalue weighted by atomic mass is 32.1. The van der Waals surface area contributed by atoms with Crippen LogP contribution in [-0.4, -0.2) is 70.5 Å². The van der Waals surface area contributed by atoms with Crippen LogP contribution in [-0.2, 0) is 10.2 Å². The topological polar surface area (TPSA) is 119 Å². The fraction of sp³-hybridized carbons (Fsp3) is 0.347. The lowest BCUT2D eigenvalue weighted by Crippen LogP contribution is -2.33. The number of nitrogens with zero attached hydrogens (tertiary/aromatic N) is 2. The van der Waals surface area contributed by atoms with E-state index in [-0.39, 0.29) is 5.41 Å². The van der Waals surface area contributed by atoms with Crippen LogP contribution >= 0.6 is 45.3 Å². The second-order valence-electron chi connectivity index (χ2n) is 16.5. The molecule has 2 aromatic carbocycles. The Labute approximate surface area is 391 Å². The van der Waals surface area contributed by atoms with Crippen LogP contribution in [0.4, 0.5) is 11.4 Å². The maximum atomic E-state index is 11.9. The van der Waals surface area contributed by atoms with Gasteiger partial charge in [0, 0.05) is 23.3 Å². The molecule has 16 heteroatoms. The van der Waals surface area contributed by atoms with E-state index in [4.69, 9.17) is 44.5 Å². The first kappa shape index (κ1) is 41.8. The van der Waals surface area contributed by atoms with Gasteiger partial charge in [-0.15, -0.1) is 45.3 Å². The Bertz CT molecular complexity index is 2950. The Morgan fingerprint density at radius 1 is 0.631 bits per heavy atom. The highest BCUT2D eigenvalue weighted by Crippen LogP contribution is 2.66. The summed E-state index contributed by atoms with van der Waals surface area (Å²) in [6.45, 7) is 18.2. The van der Waals surface area contributed by atoms with Crippen molar-refractivity contribution in [2.24, 2.45) is 0 Å². The zero-order valence-corrected chi connectivity index (χ0v) is 39.2. The van der Waals surface area contributed by atoms with Crippen molar-refractivity contribution in [2.45, 2.75) is 51.9 Å². The minimum atomic E-state index is -1.32. The first-order valence-electron chi connectivity index (χ1n) is 21.8. The van der Waals surface area contributed by atoms with Crippen molar-refractivity contribution >= 4 is 68.8 Å². The van der Waals surface area contributed by atoms with Crippen molar-refractivity contribution in [2.75, 3.05) is 64.3 Å². The summed E-state index contributed by atoms with van der Waals surface area (Å²) in [7, 11) is 0. The summed E-state index contributed by atoms with van der Waals surface area (Å²) in [4.78, 5) is 23.9. The van der Waals surface area contributed by atoms with Gasteiger partial charge < -0.3 is 47.9 Å². The van der Waals surface area contributed by atoms with Crippen LogP contribution in [0.3, 0.4) is 0 Å². The number of carboxylic acids is 1. The Morgan fingerprint density at radius 2 is 1.09 bits per heavy atom. The first-order chi connectivity index (χ1) is 31.8. The molecule has 334 valence electrons. The summed E-state index contributed by atoms with van der Waals surface area (Å²) >= 11 is 5.95. The zero-order chi connectivity index (χ0) is 44.4. The van der Waals surface area contributed by atoms with Gasteiger partial charge in [0.05, 0.1) is 45.6 Å². The van der Waals surface area contributed by atoms with E-state index in [1.165, 1.54) is 70.5 Å². The zero-order valence-electron chi connectivity index (χ0n) is 36.0. The second kappa shape index (κ2) is 16.8. The molecule has 5 aliphatic heterocycles. The molecule has 0 fully saturated rings. The predicted molar refractivity (Wildman–Crippen MR) is 256 cm³/mol. The largest absolute Gasteiger partial charge is 0.486 e. The highest BCUT2D eigenvalue weighted by Gasteiger charge is 2.40. The van der Waals surface area contributed by atoms with Crippen LogP contribution in [0.25, 0.3) is 50.6 Å². The van der Waals surface area contributed by atoms with Crippen molar-refractivity contribution < 1.29 is 47.8 Å². The standard InChI is InChI=1S/C49H44N2O10S4/c1-5-6-7-10-15-51-30-12-9-8-11-27(30)49(2,3)28-24-26(13-14-31(28)51)41-35-36(57-19-18-56-35)44(63-41)45-39-40(61-23-22-60-39)47(65-45)46-38-37(58-20-21-59-38)43(64-46)42-34-33(54-16-17-55-34)32(62-42)25-29(50-4)48(52)53/h8-9,11-14,24-25H,5-7,10,15-23H2,1-3H3,(H,52,53)/b29-25-. The van der Waals surface area contributed by atoms with Crippen molar-refractivity contribution in [3.05, 3.63) is 75.6 Å². The van der Waals surface area contributed by atoms with Crippen molar-refractivity contribution in [3.63, 3.8) is 0 Å². The number of hydrogen-bond donors (Lipinski definition) is 1. The maximum absolute atomic E-state index is 11.9. The molecule has 0 radical (unpaired) electrons. The van der Waals surface area contributed by atoms with E-state index in [0.29, 0.717) is 103 Å². The van der Waals surface area contributed by atoms with Gasteiger partial charge in [-0.2, -0.15) is 0 Å². The Morgan fingerprint density at radius 3 is 1.62 bits per heavy atom. The molecule has 5 aliphatic rings. The number of carbonyl (C=O) groups is 1. The van der Waals surface area contributed by atoms with E-state index < -0.39 is 11.7 Å². The number of para-hydroxylation sites is 1. The van der Waals surface area contributed by atoms with Gasteiger partial charge in [-0.05, 0) is 47.4 Å². The van der Waals surface area contributed by atoms with Crippen molar-refractivity contribution in [1.82, 2.24) is 0 Å². The van der Waals surface area contributed by atoms with Crippen LogP contribution in [0.5, 0.6) is 46.0 Å². The van der Waals surface area contributed by atoms with Gasteiger partial charge in [0.25, 0.3) is 5.70 Å². The number of rotatable bonds is 11. The van der Waals surface area contributed by atoms with E-state index in [9.17, 15) is 9.90 Å². The molecule has 0 saturated heterocycles. The van der Waals surface area contributed by atoms with E-state index in [0.717, 1.165) is 53.5 Å². The van der Waals surface area contributed by atoms with Crippen LogP contribution in [0, 0.1) is 6.57 Å². The molecule has 0 spiro atoms. The molecule has 65 heavy (non-hydrogen) atoms. The predicted octanol–water partition coefficient (Wildman–Crippen LogP) is 12.4. The second-order valence-corrected chi connectivity index (χ2v) is 20.6. The average molecular weight is 949 g/mol. The molecule has 9 heterocycles. The molecular weight excluding hydrogens is 905 g/mol. The molecule has 1 N–H and O–H groups in total. The summed E-state index contributed by atoms with van der Waals surface area (Å²) in [6, 6.07) is 15.7. The molecule has 0 aliphatic carbocycles. The lowest BCUT2D eigenvalue weighted by Gasteiger charge is -2.42. The molecule has 0 bridgehead atoms. The number of aliphatic carboxylic acids is 1. The maximum Gasteiger partial charge on any atom is 0.333 e. The Hall–Kier alpha value is -5.86. The Kier molecular flexibility index (Phi) is 10.8. The molecule has 0 saturated carbocycles. The van der Waals surface area contributed by atoms with Gasteiger partial charge >= 0.3 is 5.97 Å². The quantitative estimate of drug-likeness (QED) is 0.0759. The number of thiophene rings is 4. The number of anilines is 2. The van der Waals surface area contributed by atoms with Crippen LogP contribution in [0.2, 0.25) is 0 Å². The molecule has 4 aromatic heterocycles. The molecule has 0 unspecified atom stereocenters. The summed E-state index contributed by atoms with van der Waals surface area (Å²) < 4.78 is 51.0. The SMILES string of the molecule is [C-]#[N+]/C(=C\c1sc(-c2sc(-c3sc(-c4sc(-c5ccc6c(c5)C(C)(C)c5ccccc5N6CCCCCC)c5c4OCCO5)c4c3OCCO4)c3c2OCCO3)c2c1OCCO2)C(=O)O. The fourth-order valence-corrected chi connectivity index (χ4v) is 14.2. The van der Waals surface area contributed by atoms with Gasteiger partial charge in [0.15, 0.2) is 46.0 Å². The monoisotopic (exact) mass is 948 g/mol. The van der Waals surface area contributed by atoms with E-state index in [1.54, 1.807) is 22.7 Å². The highest BCUT2D eigenvalue weighted by molar-refractivity contribution is 7.30. The third-order valence-corrected chi connectivity index (χ3v) is 17.3. The number of ether oxygens (including phenoxy) is 8. The minimum absolute atomic E-state index is 0.240. The lowest BCUT2D eigenvalue weighted by atomic mass is 9.73. The van der Waals surface area contributed by atoms with Crippen molar-refractivity contribution in [3.8, 4) is 85.7 Å². The van der Waals surface area contributed by atoms with Gasteiger partial charge in [-0.3, -0.25) is 4.79 Å². The number of fused-ring (bicyclic) bond motifs is 6. The molecule has 0 amide bonds. The number of carboxylic acid groups (broad SMARTS) is 1. The van der Waals surface area contributed by atoms with Gasteiger partial charge in [0.2, 0.25) is 0 Å². The smallest absolute Gasteiger partial charge is 0.333 e. The number of unbranched alkanes of at least 4 members (excludes halogenated alkanes) is 3. The summed E-state index contributed by atoms with van der Waals surface area (Å²) in [5, 5.41) is 9.67. The van der Waals surface area contributed by atoms with Crippen LogP contribution < -0.4 is 42.8 Å². The number of benzene rings is 2. The molecule has 0 atom stereocenters. The third-order valence-electron chi connectivity index (χ3n) is 12.2. The summed E-state index contributed by atoms with van der Waals surface area (Å²) in [5.74, 6) is 3.38. The lowest BCUT2D eigenvalue weighted by molar-refractivity contribution is -0.132. The summed E-state index contributed by atoms with van der Waals surface area (Å²) in [6.07, 6.45) is 6.09. The fourth-order valence-electron chi connectivity index (χ4n) is 9.14. The molecular formula is C49H44N2O10S4. The number of hydrogen-bond acceptors (Lipinski definition) is 14. The van der Waals surface area contributed by atoms with E-state index >= 15 is 0 Å². The molecule has 12 nitrogen and oxygen atoms in total. The van der Waals surface area contributed by atoms with Gasteiger partial charge in [0.1, 0.15) is 52.9 Å². The molecule has 11 rings (SSSR count). The Balaban J connectivity index is 1.03. The van der Waals surface area contributed by atoms with Gasteiger partial charge in [-0.1, -0.05) is 64.3 Å². The molecule has 6 aromatic rings. The van der Waals surface area contributed by atoms with Crippen LogP contribution in [0.1, 0.15) is 62.5 Å². The first-order valence-corrected chi connectivity index (χ1v) is 25.1. The van der Waals surface area contributed by atoms with Gasteiger partial charge in [-0.25, -0.2) is 4.85 Å². The normalized spacial score (nSPS) is 16.4. The van der Waals surface area contributed by atoms with E-state index in [2.05, 4.69) is 73.0 Å². The minimum Gasteiger partial charge on any atom is -0.486 e. The average Bonchev–Trinajstić information content (AvgIpc) is 4.11. The third kappa shape index (κ3) is 6.97. The summed E-state index contributed by atoms with van der Waals surface area (Å²) in [5.41, 5.74) is 5.52. The van der Waals surface area contributed by atoms with E-state index in [1.807, 2.05) is 0 Å². The van der Waals surface area contributed by atoms with Crippen LogP contribution in [0.15, 0.2) is 48.2 Å².